The van der Waals surface area contributed by atoms with Crippen LogP contribution in [0.2, 0.25) is 0 Å². The molecule has 14 heteroatoms. The second kappa shape index (κ2) is 11.2. The van der Waals surface area contributed by atoms with Crippen molar-refractivity contribution in [3.63, 3.8) is 0 Å². The van der Waals surface area contributed by atoms with Crippen LogP contribution in [0.3, 0.4) is 0 Å². The standard InChI is InChI=1S/C34H18N4O8S2/c35-37-27-17-15-19-21(31(27)39)11-5-13-29(19)47(41,42)45-33-23-7-1-2-8-24(23)34(26-10-4-3-9-25(26)33)46-48(43,44)30-14-6-12-22-20(30)16-18-28(38-36)32(22)40/h1-18H. The van der Waals surface area contributed by atoms with Crippen molar-refractivity contribution in [3.8, 4) is 11.5 Å². The van der Waals surface area contributed by atoms with Gasteiger partial charge in [0.2, 0.25) is 0 Å². The van der Waals surface area contributed by atoms with Crippen LogP contribution in [-0.4, -0.2) is 49.4 Å². The Morgan fingerprint density at radius 1 is 0.479 bits per heavy atom. The predicted octanol–water partition coefficient (Wildman–Crippen LogP) is 5.29. The van der Waals surface area contributed by atoms with Crippen LogP contribution in [0.25, 0.3) is 44.8 Å². The quantitative estimate of drug-likeness (QED) is 0.100. The minimum absolute atomic E-state index is 0.00170. The van der Waals surface area contributed by atoms with Crippen molar-refractivity contribution >= 4 is 76.9 Å². The van der Waals surface area contributed by atoms with E-state index in [4.69, 9.17) is 19.4 Å². The summed E-state index contributed by atoms with van der Waals surface area (Å²) in [4.78, 5) is 30.7. The Bertz CT molecular complexity index is 2460. The maximum atomic E-state index is 13.9. The van der Waals surface area contributed by atoms with E-state index in [9.17, 15) is 26.4 Å². The lowest BCUT2D eigenvalue weighted by Crippen LogP contribution is -2.21. The van der Waals surface area contributed by atoms with E-state index in [2.05, 4.69) is 9.58 Å². The van der Waals surface area contributed by atoms with Gasteiger partial charge in [-0.15, -0.1) is 0 Å². The third kappa shape index (κ3) is 4.77. The number of allylic oxidation sites excluding steroid dienone is 2. The Kier molecular flexibility index (Phi) is 7.08. The summed E-state index contributed by atoms with van der Waals surface area (Å²) in [7, 11) is -9.26. The highest BCUT2D eigenvalue weighted by atomic mass is 32.2. The number of benzene rings is 5. The Balaban J connectivity index is 1.38. The van der Waals surface area contributed by atoms with Crippen molar-refractivity contribution in [2.75, 3.05) is 0 Å². The molecule has 0 heterocycles. The fourth-order valence-corrected chi connectivity index (χ4v) is 8.07. The summed E-state index contributed by atoms with van der Waals surface area (Å²) in [5, 5.41) is 0.797. The number of hydrogen-bond acceptors (Lipinski definition) is 8. The number of hydrogen-bond donors (Lipinski definition) is 0. The summed E-state index contributed by atoms with van der Waals surface area (Å²) >= 11 is 0. The van der Waals surface area contributed by atoms with Crippen LogP contribution in [0.5, 0.6) is 11.5 Å². The van der Waals surface area contributed by atoms with Crippen LogP contribution in [0.4, 0.5) is 0 Å². The van der Waals surface area contributed by atoms with Gasteiger partial charge in [-0.3, -0.25) is 9.59 Å². The van der Waals surface area contributed by atoms with Crippen molar-refractivity contribution in [1.29, 1.82) is 0 Å². The minimum atomic E-state index is -4.63. The second-order valence-electron chi connectivity index (χ2n) is 10.6. The normalized spacial score (nSPS) is 14.0. The molecule has 0 radical (unpaired) electrons. The molecule has 5 aromatic carbocycles. The number of nitrogens with zero attached hydrogens (tertiary/aromatic N) is 4. The van der Waals surface area contributed by atoms with Gasteiger partial charge in [-0.2, -0.15) is 26.4 Å². The molecular weight excluding hydrogens is 657 g/mol. The van der Waals surface area contributed by atoms with Gasteiger partial charge in [0.1, 0.15) is 9.79 Å². The molecule has 5 aromatic rings. The summed E-state index contributed by atoms with van der Waals surface area (Å²) in [6.45, 7) is 0. The molecule has 48 heavy (non-hydrogen) atoms. The Morgan fingerprint density at radius 2 is 0.833 bits per heavy atom. The van der Waals surface area contributed by atoms with Crippen LogP contribution in [0.1, 0.15) is 31.8 Å². The van der Waals surface area contributed by atoms with E-state index in [-0.39, 0.29) is 76.5 Å². The lowest BCUT2D eigenvalue weighted by Gasteiger charge is -2.19. The molecule has 0 aromatic heterocycles. The first kappa shape index (κ1) is 30.4. The van der Waals surface area contributed by atoms with Crippen LogP contribution < -0.4 is 8.37 Å². The zero-order chi connectivity index (χ0) is 33.8. The van der Waals surface area contributed by atoms with E-state index in [1.807, 2.05) is 0 Å². The molecule has 0 spiro atoms. The van der Waals surface area contributed by atoms with Crippen molar-refractivity contribution < 1.29 is 44.4 Å². The van der Waals surface area contributed by atoms with Gasteiger partial charge >= 0.3 is 31.7 Å². The fraction of sp³-hybridized carbons (Fsp3) is 0. The fourth-order valence-electron chi connectivity index (χ4n) is 5.71. The highest BCUT2D eigenvalue weighted by Gasteiger charge is 2.34. The van der Waals surface area contributed by atoms with Crippen molar-refractivity contribution in [2.24, 2.45) is 0 Å². The van der Waals surface area contributed by atoms with Gasteiger partial charge < -0.3 is 19.4 Å². The lowest BCUT2D eigenvalue weighted by atomic mass is 9.95. The average Bonchev–Trinajstić information content (AvgIpc) is 3.09. The second-order valence-corrected chi connectivity index (χ2v) is 13.6. The molecule has 0 bridgehead atoms. The molecule has 2 aliphatic carbocycles. The molecule has 0 fully saturated rings. The number of rotatable bonds is 6. The molecule has 0 amide bonds. The molecule has 0 aliphatic heterocycles. The average molecular weight is 675 g/mol. The molecule has 7 rings (SSSR count). The largest absolute Gasteiger partial charge is 0.378 e. The van der Waals surface area contributed by atoms with Gasteiger partial charge in [0.05, 0.1) is 0 Å². The molecule has 0 N–H and O–H groups in total. The van der Waals surface area contributed by atoms with Gasteiger partial charge in [-0.25, -0.2) is 0 Å². The van der Waals surface area contributed by atoms with E-state index in [0.29, 0.717) is 0 Å². The van der Waals surface area contributed by atoms with Gasteiger partial charge in [0, 0.05) is 56.0 Å². The minimum Gasteiger partial charge on any atom is -0.378 e. The first-order chi connectivity index (χ1) is 23.1. The van der Waals surface area contributed by atoms with Gasteiger partial charge in [-0.1, -0.05) is 72.8 Å². The molecule has 0 saturated heterocycles. The molecule has 0 saturated carbocycles. The highest BCUT2D eigenvalue weighted by molar-refractivity contribution is 7.87. The van der Waals surface area contributed by atoms with E-state index in [1.54, 1.807) is 48.5 Å². The summed E-state index contributed by atoms with van der Waals surface area (Å²) in [5.74, 6) is -1.58. The number of ketones is 2. The highest BCUT2D eigenvalue weighted by Crippen LogP contribution is 2.45. The molecule has 0 atom stereocenters. The topological polar surface area (TPSA) is 194 Å². The third-order valence-corrected chi connectivity index (χ3v) is 10.4. The van der Waals surface area contributed by atoms with E-state index < -0.39 is 31.8 Å². The van der Waals surface area contributed by atoms with Crippen molar-refractivity contribution in [1.82, 2.24) is 0 Å². The molecule has 2 aliphatic rings. The number of carbonyl (C=O) groups is 2. The van der Waals surface area contributed by atoms with Crippen molar-refractivity contribution in [3.05, 3.63) is 130 Å². The lowest BCUT2D eigenvalue weighted by molar-refractivity contribution is -0.00459. The summed E-state index contributed by atoms with van der Waals surface area (Å²) in [6.07, 6.45) is 5.05. The van der Waals surface area contributed by atoms with Gasteiger partial charge in [-0.05, 0) is 24.3 Å². The number of carbonyl (C=O) groups excluding carboxylic acids is 2. The van der Waals surface area contributed by atoms with E-state index in [0.717, 1.165) is 0 Å². The van der Waals surface area contributed by atoms with Crippen LogP contribution in [0.15, 0.2) is 107 Å². The zero-order valence-electron chi connectivity index (χ0n) is 24.3. The Hall–Kier alpha value is -6.30. The maximum absolute atomic E-state index is 13.9. The Morgan fingerprint density at radius 3 is 1.17 bits per heavy atom. The van der Waals surface area contributed by atoms with E-state index >= 15 is 0 Å². The summed E-state index contributed by atoms with van der Waals surface area (Å²) < 4.78 is 67.2. The van der Waals surface area contributed by atoms with Gasteiger partial charge in [0.25, 0.3) is 11.6 Å². The van der Waals surface area contributed by atoms with Crippen LogP contribution >= 0.6 is 0 Å². The number of fused-ring (bicyclic) bond motifs is 4. The Labute approximate surface area is 272 Å². The smallest absolute Gasteiger partial charge is 0.362 e. The molecule has 12 nitrogen and oxygen atoms in total. The van der Waals surface area contributed by atoms with Crippen LogP contribution in [0, 0.1) is 0 Å². The molecule has 234 valence electrons. The van der Waals surface area contributed by atoms with E-state index in [1.165, 1.54) is 60.7 Å². The first-order valence-electron chi connectivity index (χ1n) is 14.0. The van der Waals surface area contributed by atoms with Gasteiger partial charge in [0.15, 0.2) is 11.5 Å². The summed E-state index contributed by atoms with van der Waals surface area (Å²) in [5.41, 5.74) is 17.9. The monoisotopic (exact) mass is 674 g/mol. The molecular formula is C34H18N4O8S2. The SMILES string of the molecule is [N-]=[N+]=C1C=Cc2c(cccc2S(=O)(=O)Oc2c3ccccc3c(OS(=O)(=O)c3cccc4c3C=CC(=[N+]=[N-])C4=O)c3ccccc23)C1=O. The zero-order valence-corrected chi connectivity index (χ0v) is 25.9. The van der Waals surface area contributed by atoms with Crippen LogP contribution in [-0.2, 0) is 20.2 Å². The number of Topliss-reactive ketones (excluding diaryl/α,β-unsaturated/α-hetero) is 2. The molecule has 0 unspecified atom stereocenters. The first-order valence-corrected chi connectivity index (χ1v) is 16.9. The predicted molar refractivity (Wildman–Crippen MR) is 174 cm³/mol. The maximum Gasteiger partial charge on any atom is 0.362 e. The third-order valence-electron chi connectivity index (χ3n) is 7.88. The summed E-state index contributed by atoms with van der Waals surface area (Å²) in [6, 6.07) is 20.7. The van der Waals surface area contributed by atoms with Crippen molar-refractivity contribution in [2.45, 2.75) is 9.79 Å².